The highest BCUT2D eigenvalue weighted by Crippen LogP contribution is 2.23. The van der Waals surface area contributed by atoms with Gasteiger partial charge in [0, 0.05) is 30.5 Å². The zero-order valence-corrected chi connectivity index (χ0v) is 15.5. The van der Waals surface area contributed by atoms with Gasteiger partial charge in [0.25, 0.3) is 5.91 Å². The number of carbonyl (C=O) groups excluding carboxylic acids is 1. The van der Waals surface area contributed by atoms with Crippen molar-refractivity contribution < 1.29 is 4.79 Å². The van der Waals surface area contributed by atoms with Crippen LogP contribution >= 0.6 is 0 Å². The number of rotatable bonds is 4. The molecule has 1 N–H and O–H groups in total. The van der Waals surface area contributed by atoms with Crippen molar-refractivity contribution >= 4 is 17.4 Å². The molecule has 136 valence electrons. The molecule has 0 fully saturated rings. The van der Waals surface area contributed by atoms with Crippen molar-refractivity contribution in [1.29, 1.82) is 0 Å². The minimum absolute atomic E-state index is 0.0544. The second kappa shape index (κ2) is 7.62. The van der Waals surface area contributed by atoms with Crippen molar-refractivity contribution in [2.45, 2.75) is 26.3 Å². The number of hydrogen-bond acceptors (Lipinski definition) is 3. The number of aryl methyl sites for hydroxylation is 1. The van der Waals surface area contributed by atoms with Crippen LogP contribution in [-0.4, -0.2) is 22.3 Å². The number of hydrogen-bond donors (Lipinski definition) is 1. The Morgan fingerprint density at radius 2 is 1.85 bits per heavy atom. The second-order valence-corrected chi connectivity index (χ2v) is 6.81. The number of benzene rings is 2. The fourth-order valence-corrected chi connectivity index (χ4v) is 3.57. The summed E-state index contributed by atoms with van der Waals surface area (Å²) < 4.78 is 0. The molecule has 27 heavy (non-hydrogen) atoms. The Bertz CT molecular complexity index is 967. The van der Waals surface area contributed by atoms with Crippen molar-refractivity contribution in [1.82, 2.24) is 9.88 Å². The average Bonchev–Trinajstić information content (AvgIpc) is 2.73. The van der Waals surface area contributed by atoms with Crippen LogP contribution < -0.4 is 5.32 Å². The molecule has 0 aliphatic carbocycles. The number of para-hydroxylation sites is 1. The van der Waals surface area contributed by atoms with E-state index in [1.54, 1.807) is 12.3 Å². The van der Waals surface area contributed by atoms with E-state index in [0.717, 1.165) is 25.1 Å². The number of pyridine rings is 1. The van der Waals surface area contributed by atoms with E-state index in [1.165, 1.54) is 16.7 Å². The molecule has 2 aromatic carbocycles. The highest BCUT2D eigenvalue weighted by Gasteiger charge is 2.21. The van der Waals surface area contributed by atoms with Gasteiger partial charge in [-0.05, 0) is 47.7 Å². The van der Waals surface area contributed by atoms with Gasteiger partial charge in [-0.25, -0.2) is 4.98 Å². The Kier molecular flexibility index (Phi) is 4.88. The number of amides is 1. The van der Waals surface area contributed by atoms with Crippen LogP contribution in [0.1, 0.15) is 34.0 Å². The van der Waals surface area contributed by atoms with Gasteiger partial charge >= 0.3 is 0 Å². The summed E-state index contributed by atoms with van der Waals surface area (Å²) in [5.74, 6) is 0.748. The predicted molar refractivity (Wildman–Crippen MR) is 108 cm³/mol. The summed E-state index contributed by atoms with van der Waals surface area (Å²) in [7, 11) is 0. The fraction of sp³-hybridized carbons (Fsp3) is 0.217. The molecule has 0 atom stereocenters. The highest BCUT2D eigenvalue weighted by atomic mass is 16.2. The van der Waals surface area contributed by atoms with E-state index in [2.05, 4.69) is 41.5 Å². The number of fused-ring (bicyclic) bond motifs is 1. The van der Waals surface area contributed by atoms with Crippen molar-refractivity contribution in [2.75, 3.05) is 11.9 Å². The zero-order chi connectivity index (χ0) is 18.6. The average molecular weight is 357 g/mol. The molecular weight excluding hydrogens is 334 g/mol. The van der Waals surface area contributed by atoms with Gasteiger partial charge in [0.1, 0.15) is 5.82 Å². The Balaban J connectivity index is 1.53. The fourth-order valence-electron chi connectivity index (χ4n) is 3.57. The molecule has 4 nitrogen and oxygen atoms in total. The van der Waals surface area contributed by atoms with Gasteiger partial charge < -0.3 is 10.2 Å². The molecule has 1 amide bonds. The van der Waals surface area contributed by atoms with Crippen molar-refractivity contribution in [3.63, 3.8) is 0 Å². The van der Waals surface area contributed by atoms with E-state index in [9.17, 15) is 4.79 Å². The largest absolute Gasteiger partial charge is 0.340 e. The van der Waals surface area contributed by atoms with E-state index in [-0.39, 0.29) is 5.91 Å². The Labute approximate surface area is 159 Å². The molecule has 3 aromatic rings. The molecule has 1 aliphatic heterocycles. The number of nitrogens with zero attached hydrogens (tertiary/aromatic N) is 2. The molecule has 0 spiro atoms. The summed E-state index contributed by atoms with van der Waals surface area (Å²) in [6, 6.07) is 20.2. The first-order chi connectivity index (χ1) is 13.2. The number of carbonyl (C=O) groups is 1. The van der Waals surface area contributed by atoms with Gasteiger partial charge in [0.15, 0.2) is 0 Å². The molecule has 0 unspecified atom stereocenters. The molecule has 0 radical (unpaired) electrons. The first-order valence-corrected chi connectivity index (χ1v) is 9.41. The summed E-state index contributed by atoms with van der Waals surface area (Å²) in [5, 5.41) is 3.36. The van der Waals surface area contributed by atoms with Gasteiger partial charge in [-0.1, -0.05) is 49.4 Å². The lowest BCUT2D eigenvalue weighted by molar-refractivity contribution is 0.0734. The molecule has 2 heterocycles. The van der Waals surface area contributed by atoms with Crippen molar-refractivity contribution in [3.05, 3.63) is 89.1 Å². The van der Waals surface area contributed by atoms with E-state index < -0.39 is 0 Å². The molecular formula is C23H23N3O. The van der Waals surface area contributed by atoms with E-state index in [0.29, 0.717) is 17.9 Å². The third kappa shape index (κ3) is 3.70. The Hall–Kier alpha value is -3.14. The van der Waals surface area contributed by atoms with Crippen LogP contribution in [-0.2, 0) is 19.4 Å². The van der Waals surface area contributed by atoms with Crippen molar-refractivity contribution in [3.8, 4) is 0 Å². The quantitative estimate of drug-likeness (QED) is 0.743. The third-order valence-electron chi connectivity index (χ3n) is 5.09. The summed E-state index contributed by atoms with van der Waals surface area (Å²) in [4.78, 5) is 19.3. The van der Waals surface area contributed by atoms with Gasteiger partial charge in [-0.3, -0.25) is 4.79 Å². The third-order valence-corrected chi connectivity index (χ3v) is 5.09. The number of anilines is 2. The molecule has 4 heteroatoms. The summed E-state index contributed by atoms with van der Waals surface area (Å²) >= 11 is 0. The van der Waals surface area contributed by atoms with Crippen LogP contribution in [0.25, 0.3) is 0 Å². The van der Waals surface area contributed by atoms with E-state index >= 15 is 0 Å². The molecule has 0 saturated heterocycles. The maximum Gasteiger partial charge on any atom is 0.254 e. The SMILES string of the molecule is CCc1ccccc1Nc1cc(C(=O)N2CCc3ccccc3C2)ccn1. The minimum Gasteiger partial charge on any atom is -0.340 e. The van der Waals surface area contributed by atoms with Gasteiger partial charge in [-0.15, -0.1) is 0 Å². The number of nitrogens with one attached hydrogen (secondary N) is 1. The van der Waals surface area contributed by atoms with E-state index in [4.69, 9.17) is 0 Å². The first kappa shape index (κ1) is 17.3. The second-order valence-electron chi connectivity index (χ2n) is 6.81. The molecule has 0 saturated carbocycles. The summed E-state index contributed by atoms with van der Waals surface area (Å²) in [6.07, 6.45) is 3.54. The standard InChI is InChI=1S/C23H23N3O/c1-2-17-7-5-6-10-21(17)25-22-15-19(11-13-24-22)23(27)26-14-12-18-8-3-4-9-20(18)16-26/h3-11,13,15H,2,12,14,16H2,1H3,(H,24,25). The lowest BCUT2D eigenvalue weighted by Gasteiger charge is -2.29. The predicted octanol–water partition coefficient (Wildman–Crippen LogP) is 4.59. The molecule has 1 aromatic heterocycles. The van der Waals surface area contributed by atoms with Crippen LogP contribution in [0.5, 0.6) is 0 Å². The highest BCUT2D eigenvalue weighted by molar-refractivity contribution is 5.95. The van der Waals surface area contributed by atoms with Crippen LogP contribution in [0.4, 0.5) is 11.5 Å². The normalized spacial score (nSPS) is 13.1. The van der Waals surface area contributed by atoms with Crippen LogP contribution in [0.2, 0.25) is 0 Å². The monoisotopic (exact) mass is 357 g/mol. The topological polar surface area (TPSA) is 45.2 Å². The Morgan fingerprint density at radius 1 is 1.07 bits per heavy atom. The lowest BCUT2D eigenvalue weighted by Crippen LogP contribution is -2.35. The van der Waals surface area contributed by atoms with Gasteiger partial charge in [0.05, 0.1) is 0 Å². The minimum atomic E-state index is 0.0544. The van der Waals surface area contributed by atoms with Crippen LogP contribution in [0, 0.1) is 0 Å². The zero-order valence-electron chi connectivity index (χ0n) is 15.5. The number of aromatic nitrogens is 1. The van der Waals surface area contributed by atoms with Gasteiger partial charge in [-0.2, -0.15) is 0 Å². The van der Waals surface area contributed by atoms with E-state index in [1.807, 2.05) is 35.2 Å². The Morgan fingerprint density at radius 3 is 2.70 bits per heavy atom. The molecule has 1 aliphatic rings. The summed E-state index contributed by atoms with van der Waals surface area (Å²) in [6.45, 7) is 3.54. The molecule has 4 rings (SSSR count). The van der Waals surface area contributed by atoms with Crippen LogP contribution in [0.3, 0.4) is 0 Å². The smallest absolute Gasteiger partial charge is 0.254 e. The lowest BCUT2D eigenvalue weighted by atomic mass is 9.99. The van der Waals surface area contributed by atoms with Crippen LogP contribution in [0.15, 0.2) is 66.9 Å². The maximum atomic E-state index is 13.0. The van der Waals surface area contributed by atoms with Crippen molar-refractivity contribution in [2.24, 2.45) is 0 Å². The van der Waals surface area contributed by atoms with Gasteiger partial charge in [0.2, 0.25) is 0 Å². The maximum absolute atomic E-state index is 13.0. The molecule has 0 bridgehead atoms. The summed E-state index contributed by atoms with van der Waals surface area (Å²) in [5.41, 5.74) is 5.50. The first-order valence-electron chi connectivity index (χ1n) is 9.41.